The van der Waals surface area contributed by atoms with E-state index in [9.17, 15) is 18.4 Å². The molecule has 2 atom stereocenters. The Bertz CT molecular complexity index is 621. The van der Waals surface area contributed by atoms with Gasteiger partial charge in [0.1, 0.15) is 29.4 Å². The van der Waals surface area contributed by atoms with Crippen molar-refractivity contribution < 1.29 is 27.7 Å². The molecule has 0 saturated carbocycles. The van der Waals surface area contributed by atoms with E-state index in [4.69, 9.17) is 15.0 Å². The van der Waals surface area contributed by atoms with Crippen molar-refractivity contribution in [2.24, 2.45) is 5.73 Å². The Morgan fingerprint density at radius 3 is 2.58 bits per heavy atom. The first-order valence-electron chi connectivity index (χ1n) is 7.46. The Balaban J connectivity index is 2.29. The van der Waals surface area contributed by atoms with Crippen LogP contribution in [-0.2, 0) is 21.6 Å². The van der Waals surface area contributed by atoms with Crippen LogP contribution in [0.3, 0.4) is 0 Å². The fourth-order valence-corrected chi connectivity index (χ4v) is 3.13. The quantitative estimate of drug-likeness (QED) is 0.573. The molecule has 132 valence electrons. The normalized spacial score (nSPS) is 18.6. The van der Waals surface area contributed by atoms with Crippen LogP contribution >= 0.6 is 0 Å². The number of rotatable bonds is 7. The monoisotopic (exact) mass is 361 g/mol. The highest BCUT2D eigenvalue weighted by Crippen LogP contribution is 2.32. The van der Waals surface area contributed by atoms with E-state index in [-0.39, 0.29) is 35.8 Å². The van der Waals surface area contributed by atoms with Crippen molar-refractivity contribution in [2.75, 3.05) is 17.2 Å². The third kappa shape index (κ3) is 3.78. The van der Waals surface area contributed by atoms with E-state index < -0.39 is 29.7 Å². The summed E-state index contributed by atoms with van der Waals surface area (Å²) >= 11 is 0.174. The number of thiol groups is 1. The molecular formula is C15H19F2N2O4S+. The van der Waals surface area contributed by atoms with Crippen molar-refractivity contribution in [1.82, 2.24) is 0 Å². The van der Waals surface area contributed by atoms with Gasteiger partial charge in [-0.3, -0.25) is 9.69 Å². The van der Waals surface area contributed by atoms with Gasteiger partial charge in [-0.15, -0.1) is 0 Å². The Hall–Kier alpha value is -1.87. The van der Waals surface area contributed by atoms with Crippen molar-refractivity contribution in [3.63, 3.8) is 0 Å². The molecule has 1 fully saturated rings. The van der Waals surface area contributed by atoms with Gasteiger partial charge in [0.2, 0.25) is 0 Å². The summed E-state index contributed by atoms with van der Waals surface area (Å²) in [6.45, 7) is 1.62. The van der Waals surface area contributed by atoms with Crippen LogP contribution in [0.15, 0.2) is 12.1 Å². The second kappa shape index (κ2) is 7.80. The van der Waals surface area contributed by atoms with Crippen LogP contribution in [0.1, 0.15) is 31.2 Å². The summed E-state index contributed by atoms with van der Waals surface area (Å²) < 4.78 is 42.5. The molecule has 24 heavy (non-hydrogen) atoms. The molecule has 1 aliphatic heterocycles. The van der Waals surface area contributed by atoms with E-state index in [1.807, 2.05) is 0 Å². The van der Waals surface area contributed by atoms with E-state index in [1.54, 1.807) is 6.92 Å². The number of benzene rings is 1. The van der Waals surface area contributed by atoms with Gasteiger partial charge in [0, 0.05) is 12.0 Å². The minimum atomic E-state index is -1.14. The summed E-state index contributed by atoms with van der Waals surface area (Å²) in [5, 5.41) is 0. The average Bonchev–Trinajstić information content (AvgIpc) is 2.92. The van der Waals surface area contributed by atoms with Crippen LogP contribution in [-0.4, -0.2) is 35.0 Å². The second-order valence-electron chi connectivity index (χ2n) is 5.47. The van der Waals surface area contributed by atoms with Gasteiger partial charge in [0.25, 0.3) is 5.91 Å². The predicted octanol–water partition coefficient (Wildman–Crippen LogP) is 1.95. The Morgan fingerprint density at radius 2 is 2.12 bits per heavy atom. The number of carbonyl (C=O) groups excluding carboxylic acids is 2. The van der Waals surface area contributed by atoms with Crippen molar-refractivity contribution in [1.29, 1.82) is 0 Å². The standard InChI is InChI=1S/C15H18F2N2O4S/c1-2-8(3-4-24-22)13-10(16)5-9(6-11(13)17)19-7-12(14(18)20)23-15(19)21/h5-6,8,12,22H,2-4,7H2,1H3,(H2,18,20)/p+1/t8?,12-/m1/s1. The Labute approximate surface area is 142 Å². The molecule has 9 heteroatoms. The number of nitrogens with zero attached hydrogens (tertiary/aromatic N) is 1. The fraction of sp³-hybridized carbons (Fsp3) is 0.467. The molecule has 2 rings (SSSR count). The summed E-state index contributed by atoms with van der Waals surface area (Å²) in [5.74, 6) is -2.33. The van der Waals surface area contributed by atoms with Gasteiger partial charge < -0.3 is 10.5 Å². The van der Waals surface area contributed by atoms with E-state index in [2.05, 4.69) is 0 Å². The minimum Gasteiger partial charge on any atom is -0.434 e. The number of halogens is 2. The van der Waals surface area contributed by atoms with Gasteiger partial charge in [0.15, 0.2) is 6.10 Å². The maximum Gasteiger partial charge on any atom is 0.415 e. The molecule has 3 N–H and O–H groups in total. The molecule has 0 spiro atoms. The lowest BCUT2D eigenvalue weighted by atomic mass is 9.92. The maximum atomic E-state index is 14.4. The number of nitrogens with two attached hydrogens (primary N) is 1. The molecule has 1 saturated heterocycles. The number of hydrogen-bond donors (Lipinski definition) is 2. The van der Waals surface area contributed by atoms with Gasteiger partial charge in [-0.05, 0) is 24.5 Å². The molecule has 2 amide bonds. The number of hydrogen-bond acceptors (Lipinski definition) is 4. The van der Waals surface area contributed by atoms with Gasteiger partial charge in [-0.1, -0.05) is 6.92 Å². The molecule has 1 aliphatic rings. The number of amides is 2. The second-order valence-corrected chi connectivity index (χ2v) is 6.20. The smallest absolute Gasteiger partial charge is 0.415 e. The molecule has 1 unspecified atom stereocenters. The van der Waals surface area contributed by atoms with Crippen molar-refractivity contribution >= 4 is 29.7 Å². The van der Waals surface area contributed by atoms with Gasteiger partial charge >= 0.3 is 6.09 Å². The van der Waals surface area contributed by atoms with Gasteiger partial charge in [-0.2, -0.15) is 4.55 Å². The van der Waals surface area contributed by atoms with E-state index >= 15 is 0 Å². The lowest BCUT2D eigenvalue weighted by molar-refractivity contribution is -0.124. The van der Waals surface area contributed by atoms with Crippen LogP contribution < -0.4 is 10.6 Å². The molecule has 0 aromatic heterocycles. The van der Waals surface area contributed by atoms with Gasteiger partial charge in [0.05, 0.1) is 12.2 Å². The third-order valence-corrected chi connectivity index (χ3v) is 4.44. The van der Waals surface area contributed by atoms with E-state index in [0.717, 1.165) is 17.0 Å². The molecule has 0 bridgehead atoms. The van der Waals surface area contributed by atoms with Crippen LogP contribution in [0.5, 0.6) is 0 Å². The first-order valence-corrected chi connectivity index (χ1v) is 8.49. The summed E-state index contributed by atoms with van der Waals surface area (Å²) in [5.41, 5.74) is 4.98. The number of cyclic esters (lactones) is 1. The highest BCUT2D eigenvalue weighted by molar-refractivity contribution is 7.72. The SMILES string of the molecule is CCC(CC[SH+]O)c1c(F)cc(N2C[C@H](C(N)=O)OC2=O)cc1F. The molecule has 1 heterocycles. The predicted molar refractivity (Wildman–Crippen MR) is 87.1 cm³/mol. The van der Waals surface area contributed by atoms with Crippen LogP contribution in [0.4, 0.5) is 19.3 Å². The van der Waals surface area contributed by atoms with Crippen LogP contribution in [0.2, 0.25) is 0 Å². The van der Waals surface area contributed by atoms with Crippen molar-refractivity contribution in [2.45, 2.75) is 31.8 Å². The molecule has 0 radical (unpaired) electrons. The third-order valence-electron chi connectivity index (χ3n) is 3.98. The first kappa shape index (κ1) is 18.5. The maximum absolute atomic E-state index is 14.4. The summed E-state index contributed by atoms with van der Waals surface area (Å²) in [6.07, 6.45) is -1.07. The number of carbonyl (C=O) groups is 2. The average molecular weight is 361 g/mol. The number of primary amides is 1. The number of anilines is 1. The molecule has 0 aliphatic carbocycles. The zero-order valence-electron chi connectivity index (χ0n) is 13.0. The molecule has 1 aromatic rings. The van der Waals surface area contributed by atoms with E-state index in [0.29, 0.717) is 18.6 Å². The van der Waals surface area contributed by atoms with Crippen molar-refractivity contribution in [3.05, 3.63) is 29.3 Å². The minimum absolute atomic E-state index is 0.0300. The largest absolute Gasteiger partial charge is 0.434 e. The summed E-state index contributed by atoms with van der Waals surface area (Å²) in [7, 11) is 0. The van der Waals surface area contributed by atoms with Crippen LogP contribution in [0.25, 0.3) is 0 Å². The van der Waals surface area contributed by atoms with Crippen molar-refractivity contribution in [3.8, 4) is 0 Å². The van der Waals surface area contributed by atoms with Crippen LogP contribution in [0, 0.1) is 11.6 Å². The zero-order chi connectivity index (χ0) is 17.9. The molecule has 6 nitrogen and oxygen atoms in total. The zero-order valence-corrected chi connectivity index (χ0v) is 13.9. The lowest BCUT2D eigenvalue weighted by Crippen LogP contribution is -2.32. The fourth-order valence-electron chi connectivity index (χ4n) is 2.70. The van der Waals surface area contributed by atoms with E-state index in [1.165, 1.54) is 0 Å². The lowest BCUT2D eigenvalue weighted by Gasteiger charge is -2.19. The number of ether oxygens (including phenoxy) is 1. The highest BCUT2D eigenvalue weighted by Gasteiger charge is 2.36. The molecule has 1 aromatic carbocycles. The van der Waals surface area contributed by atoms with Gasteiger partial charge in [-0.25, -0.2) is 13.6 Å². The molecular weight excluding hydrogens is 342 g/mol. The highest BCUT2D eigenvalue weighted by atomic mass is 32.2. The Kier molecular flexibility index (Phi) is 6.00. The Morgan fingerprint density at radius 1 is 1.50 bits per heavy atom. The first-order chi connectivity index (χ1) is 11.4. The topological polar surface area (TPSA) is 92.9 Å². The summed E-state index contributed by atoms with van der Waals surface area (Å²) in [6, 6.07) is 2.09. The summed E-state index contributed by atoms with van der Waals surface area (Å²) in [4.78, 5) is 23.8.